The van der Waals surface area contributed by atoms with E-state index in [1.54, 1.807) is 4.52 Å². The number of carbonyl (C=O) groups is 2. The zero-order valence-corrected chi connectivity index (χ0v) is 17.7. The number of nitrogens with two attached hydrogens (primary N) is 1. The average Bonchev–Trinajstić information content (AvgIpc) is 3.12. The van der Waals surface area contributed by atoms with Crippen LogP contribution in [-0.4, -0.2) is 38.1 Å². The molecule has 0 spiro atoms. The first-order valence-electron chi connectivity index (χ1n) is 10.4. The van der Waals surface area contributed by atoms with Crippen molar-refractivity contribution in [3.63, 3.8) is 0 Å². The Balaban J connectivity index is 1.30. The third kappa shape index (κ3) is 4.50. The van der Waals surface area contributed by atoms with Gasteiger partial charge >= 0.3 is 5.97 Å². The maximum atomic E-state index is 12.3. The van der Waals surface area contributed by atoms with Gasteiger partial charge in [-0.25, -0.2) is 4.98 Å². The van der Waals surface area contributed by atoms with Crippen LogP contribution in [0.3, 0.4) is 0 Å². The number of ether oxygens (including phenoxy) is 1. The minimum atomic E-state index is -0.434. The SMILES string of the molecule is Cc1nc2nc(N)nn2c(C)c1CCC(=O)OCC(=O)N[C@H]1CCCc2ccccc21. The molecule has 0 saturated heterocycles. The second-order valence-electron chi connectivity index (χ2n) is 7.81. The molecule has 162 valence electrons. The molecule has 4 rings (SSSR count). The second-order valence-corrected chi connectivity index (χ2v) is 7.81. The Morgan fingerprint density at radius 1 is 1.26 bits per heavy atom. The van der Waals surface area contributed by atoms with Gasteiger partial charge in [0.25, 0.3) is 11.7 Å². The Labute approximate surface area is 180 Å². The summed E-state index contributed by atoms with van der Waals surface area (Å²) in [5.74, 6) is -0.141. The lowest BCUT2D eigenvalue weighted by Gasteiger charge is -2.26. The van der Waals surface area contributed by atoms with E-state index in [1.807, 2.05) is 32.0 Å². The van der Waals surface area contributed by atoms with Gasteiger partial charge in [0.15, 0.2) is 6.61 Å². The smallest absolute Gasteiger partial charge is 0.306 e. The monoisotopic (exact) mass is 422 g/mol. The summed E-state index contributed by atoms with van der Waals surface area (Å²) in [5.41, 5.74) is 10.5. The molecule has 0 fully saturated rings. The highest BCUT2D eigenvalue weighted by Gasteiger charge is 2.22. The number of aromatic nitrogens is 4. The molecule has 9 heteroatoms. The molecule has 0 saturated carbocycles. The predicted molar refractivity (Wildman–Crippen MR) is 114 cm³/mol. The number of aryl methyl sites for hydroxylation is 3. The number of nitrogens with one attached hydrogen (secondary N) is 1. The van der Waals surface area contributed by atoms with Crippen LogP contribution >= 0.6 is 0 Å². The van der Waals surface area contributed by atoms with Gasteiger partial charge in [0, 0.05) is 17.8 Å². The van der Waals surface area contributed by atoms with Crippen LogP contribution in [0.25, 0.3) is 5.78 Å². The van der Waals surface area contributed by atoms with E-state index in [0.29, 0.717) is 12.2 Å². The fraction of sp³-hybridized carbons (Fsp3) is 0.409. The number of hydrogen-bond donors (Lipinski definition) is 2. The molecule has 1 amide bonds. The van der Waals surface area contributed by atoms with E-state index < -0.39 is 5.97 Å². The van der Waals surface area contributed by atoms with Crippen molar-refractivity contribution in [2.24, 2.45) is 0 Å². The first-order valence-corrected chi connectivity index (χ1v) is 10.4. The van der Waals surface area contributed by atoms with Gasteiger partial charge in [0.2, 0.25) is 5.95 Å². The molecule has 1 aromatic carbocycles. The number of carbonyl (C=O) groups excluding carboxylic acids is 2. The van der Waals surface area contributed by atoms with Crippen LogP contribution in [0.15, 0.2) is 24.3 Å². The highest BCUT2D eigenvalue weighted by Crippen LogP contribution is 2.29. The standard InChI is InChI=1S/C22H26N6O3/c1-13-16(14(2)28-22(24-13)26-21(23)27-28)10-11-20(30)31-12-19(29)25-18-9-5-7-15-6-3-4-8-17(15)18/h3-4,6,8,18H,5,7,9-12H2,1-2H3,(H2,23,27)(H,25,29)/t18-/m0/s1. The number of fused-ring (bicyclic) bond motifs is 2. The Morgan fingerprint density at radius 3 is 2.90 bits per heavy atom. The molecule has 9 nitrogen and oxygen atoms in total. The molecule has 0 radical (unpaired) electrons. The summed E-state index contributed by atoms with van der Waals surface area (Å²) in [7, 11) is 0. The lowest BCUT2D eigenvalue weighted by atomic mass is 9.88. The summed E-state index contributed by atoms with van der Waals surface area (Å²) in [6.45, 7) is 3.45. The second kappa shape index (κ2) is 8.71. The molecule has 3 aromatic rings. The Morgan fingerprint density at radius 2 is 2.06 bits per heavy atom. The third-order valence-corrected chi connectivity index (χ3v) is 5.71. The van der Waals surface area contributed by atoms with Gasteiger partial charge in [0.05, 0.1) is 6.04 Å². The van der Waals surface area contributed by atoms with Crippen molar-refractivity contribution in [3.8, 4) is 0 Å². The minimum Gasteiger partial charge on any atom is -0.456 e. The van der Waals surface area contributed by atoms with Gasteiger partial charge in [-0.2, -0.15) is 9.50 Å². The van der Waals surface area contributed by atoms with E-state index in [1.165, 1.54) is 5.56 Å². The molecule has 1 atom stereocenters. The van der Waals surface area contributed by atoms with E-state index in [4.69, 9.17) is 10.5 Å². The summed E-state index contributed by atoms with van der Waals surface area (Å²) in [6, 6.07) is 8.10. The number of hydrogen-bond acceptors (Lipinski definition) is 7. The third-order valence-electron chi connectivity index (χ3n) is 5.71. The van der Waals surface area contributed by atoms with Gasteiger partial charge in [-0.05, 0) is 56.2 Å². The lowest BCUT2D eigenvalue weighted by molar-refractivity contribution is -0.148. The predicted octanol–water partition coefficient (Wildman–Crippen LogP) is 1.99. The van der Waals surface area contributed by atoms with E-state index in [9.17, 15) is 9.59 Å². The molecule has 1 aliphatic rings. The van der Waals surface area contributed by atoms with Crippen LogP contribution in [0.1, 0.15) is 53.4 Å². The highest BCUT2D eigenvalue weighted by atomic mass is 16.5. The van der Waals surface area contributed by atoms with Gasteiger partial charge in [-0.1, -0.05) is 24.3 Å². The first-order chi connectivity index (χ1) is 14.9. The van der Waals surface area contributed by atoms with Crippen molar-refractivity contribution >= 4 is 23.6 Å². The molecule has 0 unspecified atom stereocenters. The summed E-state index contributed by atoms with van der Waals surface area (Å²) in [5, 5.41) is 7.11. The van der Waals surface area contributed by atoms with Crippen LogP contribution in [0.4, 0.5) is 5.95 Å². The molecular weight excluding hydrogens is 396 g/mol. The van der Waals surface area contributed by atoms with Gasteiger partial charge in [-0.15, -0.1) is 5.10 Å². The Bertz CT molecular complexity index is 1140. The van der Waals surface area contributed by atoms with Crippen molar-refractivity contribution in [1.82, 2.24) is 24.9 Å². The lowest BCUT2D eigenvalue weighted by Crippen LogP contribution is -2.34. The maximum Gasteiger partial charge on any atom is 0.306 e. The number of rotatable bonds is 6. The molecule has 0 aliphatic heterocycles. The summed E-state index contributed by atoms with van der Waals surface area (Å²) in [6.07, 6.45) is 3.50. The van der Waals surface area contributed by atoms with E-state index in [0.717, 1.165) is 41.8 Å². The Kier molecular flexibility index (Phi) is 5.83. The molecule has 2 aromatic heterocycles. The number of amides is 1. The zero-order chi connectivity index (χ0) is 22.0. The largest absolute Gasteiger partial charge is 0.456 e. The molecule has 2 heterocycles. The van der Waals surface area contributed by atoms with Crippen LogP contribution < -0.4 is 11.1 Å². The molecular formula is C22H26N6O3. The Hall–Kier alpha value is -3.49. The topological polar surface area (TPSA) is 124 Å². The fourth-order valence-corrected chi connectivity index (χ4v) is 4.17. The maximum absolute atomic E-state index is 12.3. The number of nitrogen functional groups attached to an aromatic ring is 1. The normalized spacial score (nSPS) is 15.5. The summed E-state index contributed by atoms with van der Waals surface area (Å²) >= 11 is 0. The van der Waals surface area contributed by atoms with Crippen molar-refractivity contribution in [2.45, 2.75) is 52.0 Å². The van der Waals surface area contributed by atoms with Crippen LogP contribution in [0, 0.1) is 13.8 Å². The van der Waals surface area contributed by atoms with Crippen LogP contribution in [-0.2, 0) is 27.2 Å². The van der Waals surface area contributed by atoms with Crippen molar-refractivity contribution in [3.05, 3.63) is 52.3 Å². The number of anilines is 1. The highest BCUT2D eigenvalue weighted by molar-refractivity contribution is 5.81. The fourth-order valence-electron chi connectivity index (χ4n) is 4.17. The molecule has 1 aliphatic carbocycles. The summed E-state index contributed by atoms with van der Waals surface area (Å²) < 4.78 is 6.77. The van der Waals surface area contributed by atoms with Gasteiger partial charge in [-0.3, -0.25) is 9.59 Å². The first kappa shape index (κ1) is 20.8. The quantitative estimate of drug-likeness (QED) is 0.582. The van der Waals surface area contributed by atoms with Crippen LogP contribution in [0.2, 0.25) is 0 Å². The van der Waals surface area contributed by atoms with Crippen molar-refractivity contribution in [1.29, 1.82) is 0 Å². The van der Waals surface area contributed by atoms with Crippen molar-refractivity contribution < 1.29 is 14.3 Å². The minimum absolute atomic E-state index is 0.0330. The van der Waals surface area contributed by atoms with Crippen molar-refractivity contribution in [2.75, 3.05) is 12.3 Å². The molecule has 3 N–H and O–H groups in total. The van der Waals surface area contributed by atoms with E-state index in [2.05, 4.69) is 26.4 Å². The molecule has 0 bridgehead atoms. The average molecular weight is 422 g/mol. The van der Waals surface area contributed by atoms with E-state index in [-0.39, 0.29) is 30.9 Å². The van der Waals surface area contributed by atoms with Gasteiger partial charge in [0.1, 0.15) is 0 Å². The van der Waals surface area contributed by atoms with Crippen LogP contribution in [0.5, 0.6) is 0 Å². The number of esters is 1. The number of benzene rings is 1. The van der Waals surface area contributed by atoms with E-state index >= 15 is 0 Å². The molecule has 31 heavy (non-hydrogen) atoms. The zero-order valence-electron chi connectivity index (χ0n) is 17.7. The van der Waals surface area contributed by atoms with Gasteiger partial charge < -0.3 is 15.8 Å². The number of nitrogens with zero attached hydrogens (tertiary/aromatic N) is 4. The summed E-state index contributed by atoms with van der Waals surface area (Å²) in [4.78, 5) is 33.0.